The Morgan fingerprint density at radius 3 is 1.97 bits per heavy atom. The first-order valence-electron chi connectivity index (χ1n) is 9.89. The van der Waals surface area contributed by atoms with E-state index in [2.05, 4.69) is 16.0 Å². The standard InChI is InChI=1S/C24H22FN3O5/c1-15(29)26-18-8-10-20(11-9-18)28-24(31)16-3-12-21(22(13-16)32-2)33-14-23(30)27-19-6-4-17(25)5-7-19/h3-13H,14H2,1-2H3,(H,26,29)(H,27,30)(H,28,31). The van der Waals surface area contributed by atoms with Crippen LogP contribution >= 0.6 is 0 Å². The Morgan fingerprint density at radius 2 is 1.36 bits per heavy atom. The number of carbonyl (C=O) groups is 3. The van der Waals surface area contributed by atoms with Gasteiger partial charge in [0.1, 0.15) is 5.82 Å². The van der Waals surface area contributed by atoms with Crippen LogP contribution in [0.25, 0.3) is 0 Å². The summed E-state index contributed by atoms with van der Waals surface area (Å²) in [5.41, 5.74) is 1.92. The van der Waals surface area contributed by atoms with Gasteiger partial charge in [-0.05, 0) is 66.7 Å². The van der Waals surface area contributed by atoms with Gasteiger partial charge < -0.3 is 25.4 Å². The predicted octanol–water partition coefficient (Wildman–Crippen LogP) is 4.06. The molecule has 3 aromatic rings. The zero-order chi connectivity index (χ0) is 23.8. The molecule has 0 saturated heterocycles. The smallest absolute Gasteiger partial charge is 0.262 e. The Labute approximate surface area is 189 Å². The quantitative estimate of drug-likeness (QED) is 0.479. The van der Waals surface area contributed by atoms with E-state index >= 15 is 0 Å². The van der Waals surface area contributed by atoms with Gasteiger partial charge in [0.15, 0.2) is 18.1 Å². The lowest BCUT2D eigenvalue weighted by Gasteiger charge is -2.13. The van der Waals surface area contributed by atoms with E-state index in [0.717, 1.165) is 0 Å². The summed E-state index contributed by atoms with van der Waals surface area (Å²) in [6.45, 7) is 1.11. The van der Waals surface area contributed by atoms with Gasteiger partial charge in [-0.3, -0.25) is 14.4 Å². The third-order valence-corrected chi connectivity index (χ3v) is 4.38. The van der Waals surface area contributed by atoms with Crippen LogP contribution < -0.4 is 25.4 Å². The predicted molar refractivity (Wildman–Crippen MR) is 122 cm³/mol. The average Bonchev–Trinajstić information content (AvgIpc) is 2.80. The molecule has 170 valence electrons. The van der Waals surface area contributed by atoms with Crippen LogP contribution in [0.1, 0.15) is 17.3 Å². The Kier molecular flexibility index (Phi) is 7.59. The van der Waals surface area contributed by atoms with Gasteiger partial charge in [-0.25, -0.2) is 4.39 Å². The Morgan fingerprint density at radius 1 is 0.788 bits per heavy atom. The number of anilines is 3. The van der Waals surface area contributed by atoms with Gasteiger partial charge in [0.25, 0.3) is 11.8 Å². The zero-order valence-electron chi connectivity index (χ0n) is 18.0. The van der Waals surface area contributed by atoms with Gasteiger partial charge in [0.05, 0.1) is 7.11 Å². The summed E-state index contributed by atoms with van der Waals surface area (Å²) in [5.74, 6) is -0.843. The van der Waals surface area contributed by atoms with Crippen LogP contribution in [0, 0.1) is 5.82 Å². The Bertz CT molecular complexity index is 1150. The summed E-state index contributed by atoms with van der Waals surface area (Å²) < 4.78 is 23.7. The molecule has 3 N–H and O–H groups in total. The number of rotatable bonds is 8. The fourth-order valence-corrected chi connectivity index (χ4v) is 2.85. The topological polar surface area (TPSA) is 106 Å². The van der Waals surface area contributed by atoms with E-state index in [9.17, 15) is 18.8 Å². The fourth-order valence-electron chi connectivity index (χ4n) is 2.85. The molecule has 0 bridgehead atoms. The summed E-state index contributed by atoms with van der Waals surface area (Å²) in [5, 5.41) is 7.99. The molecule has 0 atom stereocenters. The van der Waals surface area contributed by atoms with Crippen molar-refractivity contribution in [2.24, 2.45) is 0 Å². The molecule has 0 heterocycles. The summed E-state index contributed by atoms with van der Waals surface area (Å²) in [6.07, 6.45) is 0. The molecule has 33 heavy (non-hydrogen) atoms. The van der Waals surface area contributed by atoms with Crippen molar-refractivity contribution in [3.05, 3.63) is 78.1 Å². The van der Waals surface area contributed by atoms with Gasteiger partial charge >= 0.3 is 0 Å². The van der Waals surface area contributed by atoms with Crippen LogP contribution in [0.5, 0.6) is 11.5 Å². The molecule has 0 unspecified atom stereocenters. The van der Waals surface area contributed by atoms with Crippen LogP contribution in [0.2, 0.25) is 0 Å². The van der Waals surface area contributed by atoms with Crippen molar-refractivity contribution >= 4 is 34.8 Å². The van der Waals surface area contributed by atoms with Crippen LogP contribution in [-0.2, 0) is 9.59 Å². The van der Waals surface area contributed by atoms with Crippen molar-refractivity contribution in [3.8, 4) is 11.5 Å². The number of benzene rings is 3. The molecular formula is C24H22FN3O5. The summed E-state index contributed by atoms with van der Waals surface area (Å²) >= 11 is 0. The zero-order valence-corrected chi connectivity index (χ0v) is 18.0. The van der Waals surface area contributed by atoms with E-state index in [0.29, 0.717) is 22.6 Å². The van der Waals surface area contributed by atoms with Gasteiger partial charge in [-0.15, -0.1) is 0 Å². The van der Waals surface area contributed by atoms with Crippen LogP contribution in [-0.4, -0.2) is 31.4 Å². The molecule has 0 aliphatic rings. The Balaban J connectivity index is 1.60. The third-order valence-electron chi connectivity index (χ3n) is 4.38. The van der Waals surface area contributed by atoms with Crippen molar-refractivity contribution in [3.63, 3.8) is 0 Å². The molecule has 3 rings (SSSR count). The minimum Gasteiger partial charge on any atom is -0.493 e. The van der Waals surface area contributed by atoms with Gasteiger partial charge in [0.2, 0.25) is 5.91 Å². The van der Waals surface area contributed by atoms with E-state index in [-0.39, 0.29) is 29.9 Å². The highest BCUT2D eigenvalue weighted by molar-refractivity contribution is 6.04. The molecule has 3 aromatic carbocycles. The van der Waals surface area contributed by atoms with E-state index in [1.54, 1.807) is 24.3 Å². The first-order chi connectivity index (χ1) is 15.8. The lowest BCUT2D eigenvalue weighted by Crippen LogP contribution is -2.20. The fraction of sp³-hybridized carbons (Fsp3) is 0.125. The second-order valence-electron chi connectivity index (χ2n) is 6.92. The molecule has 0 radical (unpaired) electrons. The largest absolute Gasteiger partial charge is 0.493 e. The van der Waals surface area contributed by atoms with Crippen molar-refractivity contribution in [1.29, 1.82) is 0 Å². The minimum absolute atomic E-state index is 0.186. The Hall–Kier alpha value is -4.40. The van der Waals surface area contributed by atoms with E-state index in [4.69, 9.17) is 9.47 Å². The summed E-state index contributed by atoms with van der Waals surface area (Å²) in [7, 11) is 1.42. The molecule has 0 aromatic heterocycles. The van der Waals surface area contributed by atoms with Crippen molar-refractivity contribution in [2.75, 3.05) is 29.7 Å². The monoisotopic (exact) mass is 451 g/mol. The summed E-state index contributed by atoms with van der Waals surface area (Å²) in [4.78, 5) is 35.7. The molecule has 0 spiro atoms. The van der Waals surface area contributed by atoms with Gasteiger partial charge in [-0.1, -0.05) is 0 Å². The highest BCUT2D eigenvalue weighted by Gasteiger charge is 2.13. The molecule has 8 nitrogen and oxygen atoms in total. The molecule has 9 heteroatoms. The van der Waals surface area contributed by atoms with Crippen LogP contribution in [0.3, 0.4) is 0 Å². The van der Waals surface area contributed by atoms with E-state index in [1.165, 1.54) is 56.5 Å². The highest BCUT2D eigenvalue weighted by Crippen LogP contribution is 2.28. The van der Waals surface area contributed by atoms with Crippen molar-refractivity contribution in [1.82, 2.24) is 0 Å². The number of nitrogens with one attached hydrogen (secondary N) is 3. The third kappa shape index (κ3) is 6.79. The maximum atomic E-state index is 13.0. The maximum absolute atomic E-state index is 13.0. The van der Waals surface area contributed by atoms with Crippen molar-refractivity contribution < 1.29 is 28.2 Å². The van der Waals surface area contributed by atoms with Gasteiger partial charge in [0, 0.05) is 29.5 Å². The van der Waals surface area contributed by atoms with E-state index < -0.39 is 11.7 Å². The van der Waals surface area contributed by atoms with Crippen LogP contribution in [0.4, 0.5) is 21.5 Å². The number of hydrogen-bond donors (Lipinski definition) is 3. The summed E-state index contributed by atoms with van der Waals surface area (Å²) in [6, 6.07) is 16.6. The second-order valence-corrected chi connectivity index (χ2v) is 6.92. The first kappa shape index (κ1) is 23.3. The first-order valence-corrected chi connectivity index (χ1v) is 9.89. The second kappa shape index (κ2) is 10.8. The lowest BCUT2D eigenvalue weighted by atomic mass is 10.1. The van der Waals surface area contributed by atoms with Crippen molar-refractivity contribution in [2.45, 2.75) is 6.92 Å². The minimum atomic E-state index is -0.437. The van der Waals surface area contributed by atoms with Crippen LogP contribution in [0.15, 0.2) is 66.7 Å². The van der Waals surface area contributed by atoms with Gasteiger partial charge in [-0.2, -0.15) is 0 Å². The molecule has 3 amide bonds. The molecule has 0 fully saturated rings. The number of carbonyl (C=O) groups excluding carboxylic acids is 3. The average molecular weight is 451 g/mol. The lowest BCUT2D eigenvalue weighted by molar-refractivity contribution is -0.118. The number of hydrogen-bond acceptors (Lipinski definition) is 5. The SMILES string of the molecule is COc1cc(C(=O)Nc2ccc(NC(C)=O)cc2)ccc1OCC(=O)Nc1ccc(F)cc1. The van der Waals surface area contributed by atoms with E-state index in [1.807, 2.05) is 0 Å². The highest BCUT2D eigenvalue weighted by atomic mass is 19.1. The maximum Gasteiger partial charge on any atom is 0.262 e. The number of halogens is 1. The number of methoxy groups -OCH3 is 1. The normalized spacial score (nSPS) is 10.2. The molecule has 0 saturated carbocycles. The number of amides is 3. The number of ether oxygens (including phenoxy) is 2. The molecule has 0 aliphatic heterocycles. The molecule has 0 aliphatic carbocycles. The molecular weight excluding hydrogens is 429 g/mol.